The first-order valence-electron chi connectivity index (χ1n) is 8.44. The number of amides is 2. The smallest absolute Gasteiger partial charge is 0.233 e. The molecule has 1 saturated carbocycles. The minimum absolute atomic E-state index is 0.114. The van der Waals surface area contributed by atoms with E-state index in [1.165, 1.54) is 5.56 Å². The molecule has 1 heterocycles. The lowest BCUT2D eigenvalue weighted by atomic mass is 9.84. The monoisotopic (exact) mass is 314 g/mol. The van der Waals surface area contributed by atoms with E-state index in [0.29, 0.717) is 19.5 Å². The van der Waals surface area contributed by atoms with E-state index in [4.69, 9.17) is 5.73 Å². The van der Waals surface area contributed by atoms with E-state index < -0.39 is 0 Å². The van der Waals surface area contributed by atoms with Crippen LogP contribution in [0.3, 0.4) is 0 Å². The van der Waals surface area contributed by atoms with Crippen LogP contribution in [0.2, 0.25) is 0 Å². The number of carbonyl (C=O) groups is 2. The van der Waals surface area contributed by atoms with Gasteiger partial charge < -0.3 is 10.6 Å². The summed E-state index contributed by atoms with van der Waals surface area (Å²) in [6.45, 7) is 7.70. The van der Waals surface area contributed by atoms with Gasteiger partial charge >= 0.3 is 0 Å². The first-order chi connectivity index (χ1) is 10.7. The summed E-state index contributed by atoms with van der Waals surface area (Å²) in [6.07, 6.45) is 2.50. The molecule has 124 valence electrons. The van der Waals surface area contributed by atoms with E-state index in [-0.39, 0.29) is 28.6 Å². The number of nitrogens with zero attached hydrogens (tertiary/aromatic N) is 1. The van der Waals surface area contributed by atoms with Crippen molar-refractivity contribution in [2.75, 3.05) is 13.1 Å². The summed E-state index contributed by atoms with van der Waals surface area (Å²) in [5.74, 6) is -0.303. The van der Waals surface area contributed by atoms with Crippen molar-refractivity contribution in [2.45, 2.75) is 50.9 Å². The van der Waals surface area contributed by atoms with Crippen LogP contribution in [0.4, 0.5) is 0 Å². The third-order valence-corrected chi connectivity index (χ3v) is 5.34. The Balaban J connectivity index is 1.77. The molecule has 2 N–H and O–H groups in total. The van der Waals surface area contributed by atoms with Gasteiger partial charge in [0.2, 0.25) is 11.8 Å². The fourth-order valence-electron chi connectivity index (χ4n) is 3.52. The van der Waals surface area contributed by atoms with Crippen LogP contribution in [0.15, 0.2) is 24.3 Å². The number of hydrogen-bond acceptors (Lipinski definition) is 2. The van der Waals surface area contributed by atoms with Crippen molar-refractivity contribution in [1.82, 2.24) is 4.90 Å². The first-order valence-corrected chi connectivity index (χ1v) is 8.44. The lowest BCUT2D eigenvalue weighted by molar-refractivity contribution is -0.133. The second kappa shape index (κ2) is 5.36. The Morgan fingerprint density at radius 2 is 1.78 bits per heavy atom. The SMILES string of the molecule is CC(C)(C)c1ccc(C2(C(=O)N3CC[C@@H](C(N)=O)C3)CC2)cc1. The molecule has 2 aliphatic rings. The van der Waals surface area contributed by atoms with Gasteiger partial charge in [0, 0.05) is 13.1 Å². The van der Waals surface area contributed by atoms with Gasteiger partial charge in [-0.3, -0.25) is 9.59 Å². The zero-order chi connectivity index (χ0) is 16.8. The second-order valence-corrected chi connectivity index (χ2v) is 8.05. The number of hydrogen-bond donors (Lipinski definition) is 1. The van der Waals surface area contributed by atoms with Crippen LogP contribution in [-0.4, -0.2) is 29.8 Å². The van der Waals surface area contributed by atoms with Gasteiger partial charge in [-0.1, -0.05) is 45.0 Å². The van der Waals surface area contributed by atoms with E-state index in [2.05, 4.69) is 45.0 Å². The average molecular weight is 314 g/mol. The van der Waals surface area contributed by atoms with Crippen molar-refractivity contribution < 1.29 is 9.59 Å². The number of nitrogens with two attached hydrogens (primary N) is 1. The number of primary amides is 1. The Labute approximate surface area is 138 Å². The highest BCUT2D eigenvalue weighted by Crippen LogP contribution is 2.50. The highest BCUT2D eigenvalue weighted by atomic mass is 16.2. The summed E-state index contributed by atoms with van der Waals surface area (Å²) < 4.78 is 0. The molecule has 1 aromatic rings. The number of carbonyl (C=O) groups excluding carboxylic acids is 2. The minimum Gasteiger partial charge on any atom is -0.369 e. The van der Waals surface area contributed by atoms with Crippen LogP contribution in [0, 0.1) is 5.92 Å². The third-order valence-electron chi connectivity index (χ3n) is 5.34. The number of likely N-dealkylation sites (tertiary alicyclic amines) is 1. The Morgan fingerprint density at radius 1 is 1.17 bits per heavy atom. The zero-order valence-electron chi connectivity index (χ0n) is 14.3. The molecular formula is C19H26N2O2. The van der Waals surface area contributed by atoms with Crippen molar-refractivity contribution in [2.24, 2.45) is 11.7 Å². The summed E-state index contributed by atoms with van der Waals surface area (Å²) in [4.78, 5) is 26.1. The van der Waals surface area contributed by atoms with E-state index in [9.17, 15) is 9.59 Å². The highest BCUT2D eigenvalue weighted by molar-refractivity contribution is 5.92. The molecule has 1 saturated heterocycles. The molecule has 2 fully saturated rings. The molecule has 2 amide bonds. The normalized spacial score (nSPS) is 22.9. The summed E-state index contributed by atoms with van der Waals surface area (Å²) in [5.41, 5.74) is 7.52. The molecule has 1 aliphatic heterocycles. The molecule has 4 nitrogen and oxygen atoms in total. The summed E-state index contributed by atoms with van der Waals surface area (Å²) >= 11 is 0. The lowest BCUT2D eigenvalue weighted by Crippen LogP contribution is -2.39. The molecule has 0 unspecified atom stereocenters. The maximum absolute atomic E-state index is 13.0. The van der Waals surface area contributed by atoms with Crippen LogP contribution in [0.25, 0.3) is 0 Å². The quantitative estimate of drug-likeness (QED) is 0.931. The lowest BCUT2D eigenvalue weighted by Gasteiger charge is -2.25. The maximum Gasteiger partial charge on any atom is 0.233 e. The highest BCUT2D eigenvalue weighted by Gasteiger charge is 2.53. The molecule has 23 heavy (non-hydrogen) atoms. The predicted octanol–water partition coefficient (Wildman–Crippen LogP) is 2.35. The molecule has 3 rings (SSSR count). The van der Waals surface area contributed by atoms with Crippen molar-refractivity contribution >= 4 is 11.8 Å². The van der Waals surface area contributed by atoms with Crippen LogP contribution >= 0.6 is 0 Å². The molecule has 1 aliphatic carbocycles. The fourth-order valence-corrected chi connectivity index (χ4v) is 3.52. The molecule has 1 aromatic carbocycles. The largest absolute Gasteiger partial charge is 0.369 e. The third kappa shape index (κ3) is 2.87. The number of rotatable bonds is 3. The van der Waals surface area contributed by atoms with Crippen LogP contribution in [-0.2, 0) is 20.4 Å². The van der Waals surface area contributed by atoms with Gasteiger partial charge in [0.1, 0.15) is 0 Å². The molecular weight excluding hydrogens is 288 g/mol. The molecule has 0 bridgehead atoms. The first kappa shape index (κ1) is 16.0. The van der Waals surface area contributed by atoms with Gasteiger partial charge in [-0.15, -0.1) is 0 Å². The second-order valence-electron chi connectivity index (χ2n) is 8.05. The van der Waals surface area contributed by atoms with E-state index in [1.807, 2.05) is 4.90 Å². The predicted molar refractivity (Wildman–Crippen MR) is 89.9 cm³/mol. The van der Waals surface area contributed by atoms with Gasteiger partial charge in [0.15, 0.2) is 0 Å². The maximum atomic E-state index is 13.0. The van der Waals surface area contributed by atoms with E-state index in [0.717, 1.165) is 18.4 Å². The van der Waals surface area contributed by atoms with Crippen molar-refractivity contribution in [3.8, 4) is 0 Å². The molecule has 0 aromatic heterocycles. The summed E-state index contributed by atoms with van der Waals surface area (Å²) in [6, 6.07) is 8.48. The molecule has 4 heteroatoms. The molecule has 0 spiro atoms. The van der Waals surface area contributed by atoms with Gasteiger partial charge in [-0.2, -0.15) is 0 Å². The van der Waals surface area contributed by atoms with Gasteiger partial charge in [0.05, 0.1) is 11.3 Å². The van der Waals surface area contributed by atoms with Crippen LogP contribution in [0.5, 0.6) is 0 Å². The molecule has 0 radical (unpaired) electrons. The van der Waals surface area contributed by atoms with Gasteiger partial charge in [0.25, 0.3) is 0 Å². The minimum atomic E-state index is -0.358. The Kier molecular flexibility index (Phi) is 3.74. The van der Waals surface area contributed by atoms with Crippen molar-refractivity contribution in [3.63, 3.8) is 0 Å². The Bertz CT molecular complexity index is 624. The Hall–Kier alpha value is -1.84. The van der Waals surface area contributed by atoms with E-state index >= 15 is 0 Å². The summed E-state index contributed by atoms with van der Waals surface area (Å²) in [7, 11) is 0. The Morgan fingerprint density at radius 3 is 2.22 bits per heavy atom. The standard InChI is InChI=1S/C19H26N2O2/c1-18(2,3)14-4-6-15(7-5-14)19(9-10-19)17(23)21-11-8-13(12-21)16(20)22/h4-7,13H,8-12H2,1-3H3,(H2,20,22)/t13-/m1/s1. The van der Waals surface area contributed by atoms with Crippen LogP contribution < -0.4 is 5.73 Å². The summed E-state index contributed by atoms with van der Waals surface area (Å²) in [5, 5.41) is 0. The van der Waals surface area contributed by atoms with Gasteiger partial charge in [-0.25, -0.2) is 0 Å². The topological polar surface area (TPSA) is 63.4 Å². The number of benzene rings is 1. The van der Waals surface area contributed by atoms with Crippen molar-refractivity contribution in [3.05, 3.63) is 35.4 Å². The molecule has 1 atom stereocenters. The van der Waals surface area contributed by atoms with Gasteiger partial charge in [-0.05, 0) is 35.8 Å². The van der Waals surface area contributed by atoms with Crippen molar-refractivity contribution in [1.29, 1.82) is 0 Å². The van der Waals surface area contributed by atoms with Crippen LogP contribution in [0.1, 0.15) is 51.2 Å². The zero-order valence-corrected chi connectivity index (χ0v) is 14.3. The average Bonchev–Trinajstić information content (AvgIpc) is 3.15. The fraction of sp³-hybridized carbons (Fsp3) is 0.579. The van der Waals surface area contributed by atoms with E-state index in [1.54, 1.807) is 0 Å².